The number of amides is 2. The van der Waals surface area contributed by atoms with Crippen molar-refractivity contribution >= 4 is 11.8 Å². The molecule has 2 N–H and O–H groups in total. The number of likely N-dealkylation sites (tertiary alicyclic amines) is 1. The molecule has 2 aliphatic rings. The highest BCUT2D eigenvalue weighted by atomic mass is 16.3. The maximum atomic E-state index is 11.9. The number of nitrogens with one attached hydrogen (secondary N) is 1. The molecule has 84 valence electrons. The minimum Gasteiger partial charge on any atom is -0.392 e. The van der Waals surface area contributed by atoms with Crippen LogP contribution in [-0.2, 0) is 9.59 Å². The largest absolute Gasteiger partial charge is 0.392 e. The maximum Gasteiger partial charge on any atom is 0.246 e. The number of rotatable bonds is 1. The summed E-state index contributed by atoms with van der Waals surface area (Å²) in [6.07, 6.45) is 2.21. The zero-order chi connectivity index (χ0) is 10.8. The molecule has 15 heavy (non-hydrogen) atoms. The van der Waals surface area contributed by atoms with E-state index in [0.717, 1.165) is 12.8 Å². The third-order valence-corrected chi connectivity index (χ3v) is 3.00. The Balaban J connectivity index is 1.97. The van der Waals surface area contributed by atoms with Gasteiger partial charge in [-0.25, -0.2) is 0 Å². The summed E-state index contributed by atoms with van der Waals surface area (Å²) in [5.41, 5.74) is 0. The van der Waals surface area contributed by atoms with Gasteiger partial charge in [0.2, 0.25) is 11.8 Å². The number of nitrogens with zero attached hydrogens (tertiary/aromatic N) is 1. The number of carbonyl (C=O) groups is 2. The Labute approximate surface area is 88.4 Å². The van der Waals surface area contributed by atoms with Crippen LogP contribution in [0.5, 0.6) is 0 Å². The molecule has 0 radical (unpaired) electrons. The standard InChI is InChI=1S/C10H16N2O3/c13-7-5-8(11-6-7)10(15)12-4-2-1-3-9(12)14/h7-8,11,13H,1-6H2/t7-,8-/m0/s1. The van der Waals surface area contributed by atoms with E-state index < -0.39 is 6.10 Å². The average Bonchev–Trinajstić information content (AvgIpc) is 2.65. The highest BCUT2D eigenvalue weighted by Gasteiger charge is 2.34. The number of hydrogen-bond acceptors (Lipinski definition) is 4. The molecule has 5 nitrogen and oxygen atoms in total. The first-order valence-electron chi connectivity index (χ1n) is 5.44. The number of β-amino-alcohol motifs (C(OH)–C–C–N with tert-alkyl or cyclic N) is 1. The molecule has 0 aromatic carbocycles. The summed E-state index contributed by atoms with van der Waals surface area (Å²) in [5.74, 6) is -0.245. The number of carbonyl (C=O) groups excluding carboxylic acids is 2. The molecular weight excluding hydrogens is 196 g/mol. The van der Waals surface area contributed by atoms with Crippen LogP contribution in [0.2, 0.25) is 0 Å². The van der Waals surface area contributed by atoms with Crippen LogP contribution in [0, 0.1) is 0 Å². The minimum atomic E-state index is -0.459. The van der Waals surface area contributed by atoms with Crippen molar-refractivity contribution in [3.8, 4) is 0 Å². The molecule has 0 saturated carbocycles. The van der Waals surface area contributed by atoms with Crippen molar-refractivity contribution in [1.82, 2.24) is 10.2 Å². The van der Waals surface area contributed by atoms with Crippen molar-refractivity contribution in [1.29, 1.82) is 0 Å². The summed E-state index contributed by atoms with van der Waals surface area (Å²) >= 11 is 0. The highest BCUT2D eigenvalue weighted by Crippen LogP contribution is 2.15. The fourth-order valence-corrected chi connectivity index (χ4v) is 2.13. The minimum absolute atomic E-state index is 0.0746. The molecular formula is C10H16N2O3. The Morgan fingerprint density at radius 1 is 1.47 bits per heavy atom. The Morgan fingerprint density at radius 2 is 2.27 bits per heavy atom. The maximum absolute atomic E-state index is 11.9. The predicted molar refractivity (Wildman–Crippen MR) is 53.0 cm³/mol. The second-order valence-corrected chi connectivity index (χ2v) is 4.19. The second-order valence-electron chi connectivity index (χ2n) is 4.19. The lowest BCUT2D eigenvalue weighted by atomic mass is 10.1. The third kappa shape index (κ3) is 2.18. The molecule has 0 aromatic heterocycles. The molecule has 2 amide bonds. The fraction of sp³-hybridized carbons (Fsp3) is 0.800. The van der Waals surface area contributed by atoms with Gasteiger partial charge in [0.15, 0.2) is 0 Å². The lowest BCUT2D eigenvalue weighted by molar-refractivity contribution is -0.147. The molecule has 5 heteroatoms. The van der Waals surface area contributed by atoms with Crippen LogP contribution in [0.4, 0.5) is 0 Å². The summed E-state index contributed by atoms with van der Waals surface area (Å²) in [6.45, 7) is 0.977. The van der Waals surface area contributed by atoms with E-state index in [-0.39, 0.29) is 17.9 Å². The summed E-state index contributed by atoms with van der Waals surface area (Å²) in [6, 6.07) is -0.373. The van der Waals surface area contributed by atoms with Gasteiger partial charge in [0.05, 0.1) is 12.1 Å². The molecule has 0 aromatic rings. The Kier molecular flexibility index (Phi) is 3.02. The smallest absolute Gasteiger partial charge is 0.246 e. The van der Waals surface area contributed by atoms with Crippen molar-refractivity contribution in [2.45, 2.75) is 37.8 Å². The molecule has 2 heterocycles. The molecule has 2 fully saturated rings. The zero-order valence-electron chi connectivity index (χ0n) is 8.61. The van der Waals surface area contributed by atoms with Crippen LogP contribution in [0.3, 0.4) is 0 Å². The van der Waals surface area contributed by atoms with Crippen molar-refractivity contribution in [2.75, 3.05) is 13.1 Å². The topological polar surface area (TPSA) is 69.6 Å². The second kappa shape index (κ2) is 4.28. The Morgan fingerprint density at radius 3 is 2.87 bits per heavy atom. The number of hydrogen-bond donors (Lipinski definition) is 2. The summed E-state index contributed by atoms with van der Waals surface area (Å²) in [5, 5.41) is 12.2. The molecule has 2 atom stereocenters. The van der Waals surface area contributed by atoms with Gasteiger partial charge in [-0.05, 0) is 19.3 Å². The summed E-state index contributed by atoms with van der Waals surface area (Å²) in [7, 11) is 0. The van der Waals surface area contributed by atoms with Crippen LogP contribution in [-0.4, -0.2) is 47.1 Å². The molecule has 2 aliphatic heterocycles. The van der Waals surface area contributed by atoms with E-state index in [1.54, 1.807) is 0 Å². The van der Waals surface area contributed by atoms with Gasteiger partial charge < -0.3 is 10.4 Å². The van der Waals surface area contributed by atoms with E-state index in [1.165, 1.54) is 4.90 Å². The van der Waals surface area contributed by atoms with E-state index >= 15 is 0 Å². The molecule has 0 aliphatic carbocycles. The normalized spacial score (nSPS) is 32.1. The number of piperidine rings is 1. The Bertz CT molecular complexity index is 280. The van der Waals surface area contributed by atoms with Crippen LogP contribution in [0.1, 0.15) is 25.7 Å². The predicted octanol–water partition coefficient (Wildman–Crippen LogP) is -0.752. The quantitative estimate of drug-likeness (QED) is 0.561. The van der Waals surface area contributed by atoms with Crippen LogP contribution >= 0.6 is 0 Å². The molecule has 0 spiro atoms. The first kappa shape index (κ1) is 10.6. The first-order valence-corrected chi connectivity index (χ1v) is 5.44. The van der Waals surface area contributed by atoms with Gasteiger partial charge in [0.1, 0.15) is 0 Å². The van der Waals surface area contributed by atoms with E-state index in [2.05, 4.69) is 5.32 Å². The first-order chi connectivity index (χ1) is 7.18. The summed E-state index contributed by atoms with van der Waals surface area (Å²) < 4.78 is 0. The Hall–Kier alpha value is -0.940. The average molecular weight is 212 g/mol. The van der Waals surface area contributed by atoms with Crippen LogP contribution in [0.25, 0.3) is 0 Å². The number of aliphatic hydroxyl groups is 1. The van der Waals surface area contributed by atoms with Gasteiger partial charge in [-0.2, -0.15) is 0 Å². The number of imide groups is 1. The van der Waals surface area contributed by atoms with E-state index in [4.69, 9.17) is 0 Å². The zero-order valence-corrected chi connectivity index (χ0v) is 8.61. The molecule has 2 saturated heterocycles. The van der Waals surface area contributed by atoms with Crippen molar-refractivity contribution in [2.24, 2.45) is 0 Å². The van der Waals surface area contributed by atoms with Gasteiger partial charge in [0.25, 0.3) is 0 Å². The number of aliphatic hydroxyl groups excluding tert-OH is 1. The van der Waals surface area contributed by atoms with E-state index in [1.807, 2.05) is 0 Å². The van der Waals surface area contributed by atoms with Crippen LogP contribution in [0.15, 0.2) is 0 Å². The lowest BCUT2D eigenvalue weighted by Gasteiger charge is -2.27. The monoisotopic (exact) mass is 212 g/mol. The van der Waals surface area contributed by atoms with Gasteiger partial charge in [-0.1, -0.05) is 0 Å². The van der Waals surface area contributed by atoms with Gasteiger partial charge in [-0.3, -0.25) is 14.5 Å². The van der Waals surface area contributed by atoms with Crippen molar-refractivity contribution in [3.63, 3.8) is 0 Å². The summed E-state index contributed by atoms with van der Waals surface area (Å²) in [4.78, 5) is 24.7. The highest BCUT2D eigenvalue weighted by molar-refractivity contribution is 5.98. The van der Waals surface area contributed by atoms with Crippen molar-refractivity contribution in [3.05, 3.63) is 0 Å². The van der Waals surface area contributed by atoms with Crippen LogP contribution < -0.4 is 5.32 Å². The van der Waals surface area contributed by atoms with Gasteiger partial charge in [0, 0.05) is 19.5 Å². The lowest BCUT2D eigenvalue weighted by Crippen LogP contribution is -2.48. The SMILES string of the molecule is O=C1CCCCN1C(=O)[C@@H]1C[C@H](O)CN1. The van der Waals surface area contributed by atoms with Gasteiger partial charge >= 0.3 is 0 Å². The molecule has 0 unspecified atom stereocenters. The van der Waals surface area contributed by atoms with E-state index in [9.17, 15) is 14.7 Å². The van der Waals surface area contributed by atoms with Crippen molar-refractivity contribution < 1.29 is 14.7 Å². The van der Waals surface area contributed by atoms with E-state index in [0.29, 0.717) is 25.9 Å². The fourth-order valence-electron chi connectivity index (χ4n) is 2.13. The molecule has 0 bridgehead atoms. The molecule has 2 rings (SSSR count). The third-order valence-electron chi connectivity index (χ3n) is 3.00. The van der Waals surface area contributed by atoms with Gasteiger partial charge in [-0.15, -0.1) is 0 Å².